The summed E-state index contributed by atoms with van der Waals surface area (Å²) in [6, 6.07) is 13.4. The molecule has 0 bridgehead atoms. The number of hydrogen-bond acceptors (Lipinski definition) is 2. The molecule has 35 heavy (non-hydrogen) atoms. The third-order valence-electron chi connectivity index (χ3n) is 6.10. The number of rotatable bonds is 3. The van der Waals surface area contributed by atoms with Crippen molar-refractivity contribution in [2.75, 3.05) is 0 Å². The van der Waals surface area contributed by atoms with Gasteiger partial charge in [-0.15, -0.1) is 0 Å². The Kier molecular flexibility index (Phi) is 2.78. The van der Waals surface area contributed by atoms with Gasteiger partial charge in [0.05, 0.1) is 30.4 Å². The molecule has 0 saturated carbocycles. The van der Waals surface area contributed by atoms with Crippen LogP contribution in [-0.2, 0) is 6.61 Å². The van der Waals surface area contributed by atoms with Crippen molar-refractivity contribution in [1.29, 1.82) is 0 Å². The summed E-state index contributed by atoms with van der Waals surface area (Å²) >= 11 is 0. The maximum Gasteiger partial charge on any atom is 0.302 e. The summed E-state index contributed by atoms with van der Waals surface area (Å²) in [6.07, 6.45) is 0. The van der Waals surface area contributed by atoms with Crippen LogP contribution >= 0.6 is 0 Å². The van der Waals surface area contributed by atoms with Crippen LogP contribution in [0.4, 0.5) is 0 Å². The molecular formula is C32H22N2O. The summed E-state index contributed by atoms with van der Waals surface area (Å²) in [5.74, 6) is 0. The van der Waals surface area contributed by atoms with Crippen LogP contribution in [-0.4, -0.2) is 9.55 Å². The summed E-state index contributed by atoms with van der Waals surface area (Å²) in [4.78, 5) is 4.65. The highest BCUT2D eigenvalue weighted by Gasteiger charge is 2.22. The zero-order valence-corrected chi connectivity index (χ0v) is 18.3. The Morgan fingerprint density at radius 1 is 0.714 bits per heavy atom. The monoisotopic (exact) mass is 460 g/mol. The Morgan fingerprint density at radius 3 is 2.11 bits per heavy atom. The lowest BCUT2D eigenvalue weighted by atomic mass is 9.87. The van der Waals surface area contributed by atoms with Crippen LogP contribution in [0.5, 0.6) is 6.01 Å². The van der Waals surface area contributed by atoms with Gasteiger partial charge in [0.15, 0.2) is 0 Å². The molecule has 3 heteroatoms. The summed E-state index contributed by atoms with van der Waals surface area (Å²) in [7, 11) is 0. The van der Waals surface area contributed by atoms with Crippen molar-refractivity contribution in [3.05, 3.63) is 127 Å². The van der Waals surface area contributed by atoms with Gasteiger partial charge in [-0.05, 0) is 51.6 Å². The Hall–Kier alpha value is -4.63. The largest absolute Gasteiger partial charge is 0.459 e. The van der Waals surface area contributed by atoms with Crippen molar-refractivity contribution in [3.63, 3.8) is 0 Å². The summed E-state index contributed by atoms with van der Waals surface area (Å²) in [6.45, 7) is 0.351. The topological polar surface area (TPSA) is 27.1 Å². The van der Waals surface area contributed by atoms with Crippen molar-refractivity contribution in [1.82, 2.24) is 9.55 Å². The second kappa shape index (κ2) is 8.00. The molecule has 0 N–H and O–H groups in total. The molecule has 0 spiro atoms. The molecule has 0 fully saturated rings. The van der Waals surface area contributed by atoms with Gasteiger partial charge in [-0.3, -0.25) is 4.57 Å². The minimum Gasteiger partial charge on any atom is -0.459 e. The number of ether oxygens (including phenoxy) is 1. The van der Waals surface area contributed by atoms with E-state index >= 15 is 0 Å². The predicted molar refractivity (Wildman–Crippen MR) is 142 cm³/mol. The van der Waals surface area contributed by atoms with Crippen LogP contribution in [0.25, 0.3) is 50.1 Å². The van der Waals surface area contributed by atoms with Gasteiger partial charge >= 0.3 is 6.01 Å². The lowest BCUT2D eigenvalue weighted by molar-refractivity contribution is 0.265. The van der Waals surface area contributed by atoms with Crippen molar-refractivity contribution in [3.8, 4) is 45.1 Å². The second-order valence-electron chi connectivity index (χ2n) is 8.08. The zero-order valence-electron chi connectivity index (χ0n) is 28.3. The number of para-hydroxylation sites is 1. The minimum absolute atomic E-state index is 0.0747. The molecule has 0 atom stereocenters. The van der Waals surface area contributed by atoms with E-state index in [1.807, 2.05) is 34.9 Å². The number of benzene rings is 5. The first kappa shape index (κ1) is 12.2. The van der Waals surface area contributed by atoms with Crippen LogP contribution in [0.15, 0.2) is 121 Å². The summed E-state index contributed by atoms with van der Waals surface area (Å²) in [5, 5.41) is 0. The highest BCUT2D eigenvalue weighted by atomic mass is 16.5. The molecule has 0 unspecified atom stereocenters. The Labute approximate surface area is 218 Å². The first-order valence-corrected chi connectivity index (χ1v) is 11.0. The van der Waals surface area contributed by atoms with Crippen molar-refractivity contribution < 1.29 is 18.4 Å². The first-order valence-electron chi connectivity index (χ1n) is 16.0. The van der Waals surface area contributed by atoms with E-state index in [0.717, 1.165) is 11.3 Å². The van der Waals surface area contributed by atoms with Gasteiger partial charge in [0.1, 0.15) is 6.61 Å². The van der Waals surface area contributed by atoms with Gasteiger partial charge in [0.2, 0.25) is 0 Å². The Morgan fingerprint density at radius 2 is 1.40 bits per heavy atom. The Bertz CT molecular complexity index is 2100. The van der Waals surface area contributed by atoms with Crippen LogP contribution in [0, 0.1) is 0 Å². The molecule has 0 radical (unpaired) electrons. The van der Waals surface area contributed by atoms with Crippen LogP contribution in [0.3, 0.4) is 0 Å². The number of hydrogen-bond donors (Lipinski definition) is 0. The molecule has 6 aromatic rings. The van der Waals surface area contributed by atoms with E-state index in [1.54, 1.807) is 30.3 Å². The zero-order chi connectivity index (χ0) is 31.9. The summed E-state index contributed by atoms with van der Waals surface area (Å²) in [5.41, 5.74) is 4.29. The van der Waals surface area contributed by atoms with Crippen molar-refractivity contribution >= 4 is 11.0 Å². The molecule has 0 saturated heterocycles. The van der Waals surface area contributed by atoms with Gasteiger partial charge in [-0.25, -0.2) is 0 Å². The number of aromatic nitrogens is 2. The normalized spacial score (nSPS) is 16.1. The third kappa shape index (κ3) is 3.24. The number of fused-ring (bicyclic) bond motifs is 5. The van der Waals surface area contributed by atoms with E-state index < -0.39 is 60.4 Å². The molecule has 1 aliphatic heterocycles. The molecule has 5 aromatic carbocycles. The third-order valence-corrected chi connectivity index (χ3v) is 6.10. The fourth-order valence-electron chi connectivity index (χ4n) is 4.58. The number of nitrogens with zero attached hydrogens (tertiary/aromatic N) is 2. The quantitative estimate of drug-likeness (QED) is 0.268. The molecule has 7 rings (SSSR count). The Balaban J connectivity index is 1.61. The molecule has 166 valence electrons. The SMILES string of the molecule is [2H]c1c([2H])c([2H])c(-c2cccc(-c3c([2H])c([2H])c([2H])c([2H])c3[2H])c2-c2ccc3nc4n(c3c2)-c2ccccc2CO4)c([2H])c1[2H]. The van der Waals surface area contributed by atoms with E-state index in [2.05, 4.69) is 4.98 Å². The minimum atomic E-state index is -0.539. The average Bonchev–Trinajstić information content (AvgIpc) is 3.43. The van der Waals surface area contributed by atoms with Crippen LogP contribution in [0.1, 0.15) is 19.3 Å². The standard InChI is InChI=1S/C32H22N2O/c1-3-10-22(11-4-1)26-15-9-16-27(23-12-5-2-6-13-23)31(26)24-18-19-28-30(20-24)34-29-17-8-7-14-25(29)21-35-32(34)33-28/h1-20H,21H2/i1D,2D,3D,4D,5D,6D,10D,11D,12D,13D. The van der Waals surface area contributed by atoms with E-state index in [1.165, 1.54) is 0 Å². The average molecular weight is 461 g/mol. The lowest BCUT2D eigenvalue weighted by Crippen LogP contribution is -2.11. The highest BCUT2D eigenvalue weighted by molar-refractivity contribution is 5.97. The van der Waals surface area contributed by atoms with Crippen molar-refractivity contribution in [2.24, 2.45) is 0 Å². The van der Waals surface area contributed by atoms with E-state index in [-0.39, 0.29) is 22.3 Å². The smallest absolute Gasteiger partial charge is 0.302 e. The van der Waals surface area contributed by atoms with E-state index in [9.17, 15) is 0 Å². The molecular weight excluding hydrogens is 428 g/mol. The molecule has 1 aromatic heterocycles. The van der Waals surface area contributed by atoms with Gasteiger partial charge in [0, 0.05) is 5.56 Å². The van der Waals surface area contributed by atoms with Gasteiger partial charge in [-0.2, -0.15) is 4.98 Å². The molecule has 0 aliphatic carbocycles. The second-order valence-corrected chi connectivity index (χ2v) is 8.08. The fourth-order valence-corrected chi connectivity index (χ4v) is 4.58. The maximum atomic E-state index is 8.74. The molecule has 1 aliphatic rings. The summed E-state index contributed by atoms with van der Waals surface area (Å²) < 4.78 is 92.3. The van der Waals surface area contributed by atoms with E-state index in [0.29, 0.717) is 34.8 Å². The fraction of sp³-hybridized carbons (Fsp3) is 0.0312. The van der Waals surface area contributed by atoms with Crippen molar-refractivity contribution in [2.45, 2.75) is 6.61 Å². The molecule has 3 nitrogen and oxygen atoms in total. The number of imidazole rings is 1. The van der Waals surface area contributed by atoms with Gasteiger partial charge < -0.3 is 4.74 Å². The van der Waals surface area contributed by atoms with Gasteiger partial charge in [0.25, 0.3) is 0 Å². The van der Waals surface area contributed by atoms with E-state index in [4.69, 9.17) is 18.4 Å². The highest BCUT2D eigenvalue weighted by Crippen LogP contribution is 2.42. The van der Waals surface area contributed by atoms with Gasteiger partial charge in [-0.1, -0.05) is 103 Å². The van der Waals surface area contributed by atoms with Crippen LogP contribution in [0.2, 0.25) is 0 Å². The molecule has 0 amide bonds. The predicted octanol–water partition coefficient (Wildman–Crippen LogP) is 7.92. The molecule has 2 heterocycles. The first-order chi connectivity index (χ1) is 21.5. The maximum absolute atomic E-state index is 8.74. The van der Waals surface area contributed by atoms with Crippen LogP contribution < -0.4 is 4.74 Å². The lowest BCUT2D eigenvalue weighted by Gasteiger charge is -2.20.